The molecule has 0 bridgehead atoms. The molecule has 1 aliphatic rings. The fourth-order valence-electron chi connectivity index (χ4n) is 4.52. The number of rotatable bonds is 8. The van der Waals surface area contributed by atoms with E-state index in [1.165, 1.54) is 6.07 Å². The van der Waals surface area contributed by atoms with E-state index in [9.17, 15) is 4.79 Å². The first-order chi connectivity index (χ1) is 16.7. The summed E-state index contributed by atoms with van der Waals surface area (Å²) in [5.74, 6) is -0.210. The molecule has 0 saturated carbocycles. The molecule has 35 heavy (non-hydrogen) atoms. The normalized spacial score (nSPS) is 16.7. The lowest BCUT2D eigenvalue weighted by atomic mass is 9.95. The molecule has 3 heterocycles. The van der Waals surface area contributed by atoms with Crippen LogP contribution in [0.15, 0.2) is 18.5 Å². The van der Waals surface area contributed by atoms with Crippen molar-refractivity contribution in [3.8, 4) is 5.75 Å². The van der Waals surface area contributed by atoms with Crippen LogP contribution in [0.1, 0.15) is 67.0 Å². The topological polar surface area (TPSA) is 104 Å². The van der Waals surface area contributed by atoms with Gasteiger partial charge in [0.25, 0.3) is 5.91 Å². The van der Waals surface area contributed by atoms with Crippen molar-refractivity contribution in [1.29, 1.82) is 0 Å². The number of halogens is 2. The minimum absolute atomic E-state index is 0.156. The molecule has 0 spiro atoms. The van der Waals surface area contributed by atoms with Gasteiger partial charge in [0.05, 0.1) is 16.8 Å². The molecular formula is C25H31ClFN5O3. The van der Waals surface area contributed by atoms with E-state index in [1.807, 2.05) is 32.1 Å². The second-order valence-electron chi connectivity index (χ2n) is 9.21. The van der Waals surface area contributed by atoms with Crippen LogP contribution in [-0.4, -0.2) is 46.1 Å². The second-order valence-corrected chi connectivity index (χ2v) is 9.62. The molecule has 0 radical (unpaired) electrons. The Morgan fingerprint density at radius 1 is 1.43 bits per heavy atom. The zero-order valence-corrected chi connectivity index (χ0v) is 21.2. The quantitative estimate of drug-likeness (QED) is 0.469. The van der Waals surface area contributed by atoms with Crippen LogP contribution in [0.25, 0.3) is 5.52 Å². The molecule has 1 aromatic carbocycles. The van der Waals surface area contributed by atoms with Crippen LogP contribution in [0.3, 0.4) is 0 Å². The molecule has 2 unspecified atom stereocenters. The number of nitrogen functional groups attached to an aromatic ring is 1. The summed E-state index contributed by atoms with van der Waals surface area (Å²) in [6.45, 7) is 9.22. The van der Waals surface area contributed by atoms with Crippen LogP contribution < -0.4 is 15.8 Å². The maximum atomic E-state index is 15.3. The smallest absolute Gasteiger partial charge is 0.258 e. The average Bonchev–Trinajstić information content (AvgIpc) is 3.44. The van der Waals surface area contributed by atoms with Crippen molar-refractivity contribution in [1.82, 2.24) is 19.7 Å². The minimum atomic E-state index is -0.808. The van der Waals surface area contributed by atoms with E-state index in [4.69, 9.17) is 31.8 Å². The van der Waals surface area contributed by atoms with Crippen LogP contribution in [0.2, 0.25) is 5.02 Å². The summed E-state index contributed by atoms with van der Waals surface area (Å²) in [5, 5.41) is 2.68. The number of benzene rings is 1. The van der Waals surface area contributed by atoms with Gasteiger partial charge in [0.2, 0.25) is 0 Å². The first kappa shape index (κ1) is 25.2. The fourth-order valence-corrected chi connectivity index (χ4v) is 4.73. The van der Waals surface area contributed by atoms with Gasteiger partial charge in [0.1, 0.15) is 28.5 Å². The van der Waals surface area contributed by atoms with Crippen molar-refractivity contribution >= 4 is 28.8 Å². The highest BCUT2D eigenvalue weighted by Gasteiger charge is 2.30. The van der Waals surface area contributed by atoms with Crippen molar-refractivity contribution < 1.29 is 18.7 Å². The zero-order chi connectivity index (χ0) is 25.3. The lowest BCUT2D eigenvalue weighted by molar-refractivity contribution is 0.0939. The maximum Gasteiger partial charge on any atom is 0.258 e. The molecule has 3 N–H and O–H groups in total. The van der Waals surface area contributed by atoms with Crippen molar-refractivity contribution in [3.63, 3.8) is 0 Å². The Morgan fingerprint density at radius 2 is 2.20 bits per heavy atom. The summed E-state index contributed by atoms with van der Waals surface area (Å²) < 4.78 is 28.6. The standard InChI is InChI=1S/C25H31ClFN5O3/c1-13(2)35-22-17(14(3)24-31-15(4)21-23(28)29-8-9-32(21)24)11-18(26)20(27)19(22)25(33)30-7-5-16-6-10-34-12-16/h8-9,11,13-14,16H,5-7,10,12H2,1-4H3,(H2,28,29)(H,30,33). The summed E-state index contributed by atoms with van der Waals surface area (Å²) in [7, 11) is 0. The van der Waals surface area contributed by atoms with Crippen molar-refractivity contribution in [2.45, 2.75) is 52.6 Å². The SMILES string of the molecule is Cc1nc(C(C)c2cc(Cl)c(F)c(C(=O)NCCC3CCOC3)c2OC(C)C)n2ccnc(N)c12. The van der Waals surface area contributed by atoms with Gasteiger partial charge in [-0.3, -0.25) is 9.20 Å². The third-order valence-corrected chi connectivity index (χ3v) is 6.56. The number of carbonyl (C=O) groups excluding carboxylic acids is 1. The van der Waals surface area contributed by atoms with Crippen LogP contribution in [-0.2, 0) is 4.74 Å². The average molecular weight is 504 g/mol. The lowest BCUT2D eigenvalue weighted by Crippen LogP contribution is -2.28. The highest BCUT2D eigenvalue weighted by molar-refractivity contribution is 6.31. The van der Waals surface area contributed by atoms with Crippen LogP contribution in [0, 0.1) is 18.7 Å². The molecule has 8 nitrogen and oxygen atoms in total. The molecule has 3 aromatic rings. The molecule has 1 saturated heterocycles. The predicted molar refractivity (Wildman–Crippen MR) is 133 cm³/mol. The third kappa shape index (κ3) is 5.06. The van der Waals surface area contributed by atoms with E-state index in [0.29, 0.717) is 47.5 Å². The van der Waals surface area contributed by atoms with Crippen LogP contribution >= 0.6 is 11.6 Å². The Balaban J connectivity index is 1.75. The Hall–Kier alpha value is -2.91. The third-order valence-electron chi connectivity index (χ3n) is 6.28. The van der Waals surface area contributed by atoms with E-state index in [-0.39, 0.29) is 22.4 Å². The Labute approximate surface area is 209 Å². The fraction of sp³-hybridized carbons (Fsp3) is 0.480. The van der Waals surface area contributed by atoms with Gasteiger partial charge in [-0.05, 0) is 45.6 Å². The number of carbonyl (C=O) groups is 1. The number of aromatic nitrogens is 3. The van der Waals surface area contributed by atoms with Gasteiger partial charge in [-0.1, -0.05) is 18.5 Å². The number of anilines is 1. The van der Waals surface area contributed by atoms with Crippen molar-refractivity contribution in [2.24, 2.45) is 5.92 Å². The van der Waals surface area contributed by atoms with Crippen molar-refractivity contribution in [2.75, 3.05) is 25.5 Å². The first-order valence-electron chi connectivity index (χ1n) is 11.8. The largest absolute Gasteiger partial charge is 0.490 e. The number of imidazole rings is 1. The summed E-state index contributed by atoms with van der Waals surface area (Å²) in [6.07, 6.45) is 4.78. The molecule has 2 atom stereocenters. The number of hydrogen-bond donors (Lipinski definition) is 2. The van der Waals surface area contributed by atoms with Gasteiger partial charge in [-0.25, -0.2) is 14.4 Å². The summed E-state index contributed by atoms with van der Waals surface area (Å²) >= 11 is 6.31. The van der Waals surface area contributed by atoms with Gasteiger partial charge in [0.15, 0.2) is 5.82 Å². The van der Waals surface area contributed by atoms with E-state index in [1.54, 1.807) is 12.4 Å². The molecule has 1 fully saturated rings. The first-order valence-corrected chi connectivity index (χ1v) is 12.2. The molecule has 4 rings (SSSR count). The van der Waals surface area contributed by atoms with E-state index >= 15 is 4.39 Å². The number of aryl methyl sites for hydroxylation is 1. The Bertz CT molecular complexity index is 1240. The van der Waals surface area contributed by atoms with E-state index in [0.717, 1.165) is 19.4 Å². The van der Waals surface area contributed by atoms with E-state index in [2.05, 4.69) is 10.3 Å². The highest BCUT2D eigenvalue weighted by atomic mass is 35.5. The Morgan fingerprint density at radius 3 is 2.89 bits per heavy atom. The molecular weight excluding hydrogens is 473 g/mol. The van der Waals surface area contributed by atoms with Crippen LogP contribution in [0.5, 0.6) is 5.75 Å². The molecule has 1 amide bonds. The monoisotopic (exact) mass is 503 g/mol. The molecule has 10 heteroatoms. The number of fused-ring (bicyclic) bond motifs is 1. The Kier molecular flexibility index (Phi) is 7.47. The number of nitrogens with one attached hydrogen (secondary N) is 1. The van der Waals surface area contributed by atoms with Crippen LogP contribution in [0.4, 0.5) is 10.2 Å². The lowest BCUT2D eigenvalue weighted by Gasteiger charge is -2.22. The minimum Gasteiger partial charge on any atom is -0.490 e. The number of hydrogen-bond acceptors (Lipinski definition) is 6. The van der Waals surface area contributed by atoms with Gasteiger partial charge < -0.3 is 20.5 Å². The number of amides is 1. The molecule has 1 aliphatic heterocycles. The summed E-state index contributed by atoms with van der Waals surface area (Å²) in [4.78, 5) is 22.1. The number of nitrogens with zero attached hydrogens (tertiary/aromatic N) is 3. The van der Waals surface area contributed by atoms with E-state index < -0.39 is 17.6 Å². The van der Waals surface area contributed by atoms with Gasteiger partial charge in [0, 0.05) is 43.6 Å². The number of ether oxygens (including phenoxy) is 2. The molecule has 2 aromatic heterocycles. The summed E-state index contributed by atoms with van der Waals surface area (Å²) in [6, 6.07) is 1.51. The number of nitrogens with two attached hydrogens (primary N) is 1. The maximum absolute atomic E-state index is 15.3. The summed E-state index contributed by atoms with van der Waals surface area (Å²) in [5.41, 5.74) is 7.84. The molecule has 0 aliphatic carbocycles. The highest BCUT2D eigenvalue weighted by Crippen LogP contribution is 2.40. The zero-order valence-electron chi connectivity index (χ0n) is 20.4. The van der Waals surface area contributed by atoms with Gasteiger partial charge >= 0.3 is 0 Å². The van der Waals surface area contributed by atoms with Crippen molar-refractivity contribution in [3.05, 3.63) is 51.9 Å². The second kappa shape index (κ2) is 10.4. The van der Waals surface area contributed by atoms with Gasteiger partial charge in [-0.2, -0.15) is 0 Å². The van der Waals surface area contributed by atoms with Gasteiger partial charge in [-0.15, -0.1) is 0 Å². The predicted octanol–water partition coefficient (Wildman–Crippen LogP) is 4.51. The molecule has 188 valence electrons.